The maximum absolute atomic E-state index is 12.8. The zero-order chi connectivity index (χ0) is 19.9. The first-order valence-electron chi connectivity index (χ1n) is 8.82. The Kier molecular flexibility index (Phi) is 4.52. The van der Waals surface area contributed by atoms with E-state index in [4.69, 9.17) is 0 Å². The van der Waals surface area contributed by atoms with E-state index in [0.29, 0.717) is 24.4 Å². The second kappa shape index (κ2) is 6.88. The number of sulfonamides is 1. The first kappa shape index (κ1) is 18.4. The number of rotatable bonds is 4. The van der Waals surface area contributed by atoms with E-state index in [1.54, 1.807) is 25.4 Å². The molecule has 0 bridgehead atoms. The first-order valence-corrected chi connectivity index (χ1v) is 10.3. The number of phenols is 1. The van der Waals surface area contributed by atoms with Crippen LogP contribution in [0.5, 0.6) is 5.75 Å². The van der Waals surface area contributed by atoms with Crippen molar-refractivity contribution in [1.29, 1.82) is 0 Å². The Bertz CT molecular complexity index is 1170. The molecule has 28 heavy (non-hydrogen) atoms. The van der Waals surface area contributed by atoms with E-state index in [0.717, 1.165) is 12.8 Å². The predicted octanol–water partition coefficient (Wildman–Crippen LogP) is 1.78. The molecule has 0 radical (unpaired) electrons. The fourth-order valence-corrected chi connectivity index (χ4v) is 4.84. The van der Waals surface area contributed by atoms with Crippen molar-refractivity contribution >= 4 is 27.3 Å². The van der Waals surface area contributed by atoms with Gasteiger partial charge in [-0.25, -0.2) is 17.9 Å². The number of nitrogens with one attached hydrogen (secondary N) is 1. The lowest BCUT2D eigenvalue weighted by molar-refractivity contribution is 0.102. The van der Waals surface area contributed by atoms with Gasteiger partial charge in [-0.2, -0.15) is 9.40 Å². The van der Waals surface area contributed by atoms with Crippen molar-refractivity contribution in [3.8, 4) is 5.75 Å². The van der Waals surface area contributed by atoms with Gasteiger partial charge in [-0.05, 0) is 44.0 Å². The summed E-state index contributed by atoms with van der Waals surface area (Å²) in [6.45, 7) is 2.62. The second-order valence-corrected chi connectivity index (χ2v) is 8.53. The molecule has 0 aliphatic carbocycles. The number of carbonyl (C=O) groups excluding carboxylic acids is 1. The SMILES string of the molecule is Cc1nn2cccnc2c1C(=O)Nc1cc(S(=O)(=O)N2CCCC2)ccc1O. The zero-order valence-corrected chi connectivity index (χ0v) is 16.0. The van der Waals surface area contributed by atoms with Crippen molar-refractivity contribution in [3.63, 3.8) is 0 Å². The number of nitrogens with zero attached hydrogens (tertiary/aromatic N) is 4. The number of aryl methyl sites for hydroxylation is 1. The number of carbonyl (C=O) groups is 1. The van der Waals surface area contributed by atoms with Crippen LogP contribution in [0.1, 0.15) is 28.9 Å². The minimum absolute atomic E-state index is 0.0138. The van der Waals surface area contributed by atoms with Gasteiger partial charge in [0, 0.05) is 25.5 Å². The van der Waals surface area contributed by atoms with E-state index in [-0.39, 0.29) is 21.9 Å². The highest BCUT2D eigenvalue weighted by atomic mass is 32.2. The molecule has 0 atom stereocenters. The van der Waals surface area contributed by atoms with Crippen LogP contribution >= 0.6 is 0 Å². The number of hydrogen-bond acceptors (Lipinski definition) is 6. The first-order chi connectivity index (χ1) is 13.4. The molecule has 146 valence electrons. The third kappa shape index (κ3) is 3.10. The van der Waals surface area contributed by atoms with Gasteiger partial charge in [0.2, 0.25) is 10.0 Å². The van der Waals surface area contributed by atoms with Gasteiger partial charge in [-0.1, -0.05) is 0 Å². The summed E-state index contributed by atoms with van der Waals surface area (Å²) in [5.74, 6) is -0.756. The smallest absolute Gasteiger partial charge is 0.261 e. The highest BCUT2D eigenvalue weighted by Gasteiger charge is 2.28. The number of benzene rings is 1. The Hall–Kier alpha value is -2.98. The van der Waals surface area contributed by atoms with Gasteiger partial charge in [0.1, 0.15) is 11.3 Å². The van der Waals surface area contributed by atoms with Crippen LogP contribution in [0.15, 0.2) is 41.6 Å². The van der Waals surface area contributed by atoms with Gasteiger partial charge >= 0.3 is 0 Å². The van der Waals surface area contributed by atoms with E-state index in [1.807, 2.05) is 0 Å². The van der Waals surface area contributed by atoms with E-state index in [2.05, 4.69) is 15.4 Å². The van der Waals surface area contributed by atoms with Crippen LogP contribution in [0, 0.1) is 6.92 Å². The van der Waals surface area contributed by atoms with Gasteiger partial charge in [-0.3, -0.25) is 4.79 Å². The summed E-state index contributed by atoms with van der Waals surface area (Å²) in [6.07, 6.45) is 4.87. The summed E-state index contributed by atoms with van der Waals surface area (Å²) in [4.78, 5) is 17.0. The number of anilines is 1. The predicted molar refractivity (Wildman–Crippen MR) is 102 cm³/mol. The summed E-state index contributed by atoms with van der Waals surface area (Å²) < 4.78 is 28.4. The number of hydrogen-bond donors (Lipinski definition) is 2. The van der Waals surface area contributed by atoms with E-state index in [9.17, 15) is 18.3 Å². The number of amides is 1. The Morgan fingerprint density at radius 3 is 2.75 bits per heavy atom. The molecule has 3 aromatic rings. The number of aromatic nitrogens is 3. The van der Waals surface area contributed by atoms with Gasteiger partial charge in [0.05, 0.1) is 16.3 Å². The minimum Gasteiger partial charge on any atom is -0.506 e. The zero-order valence-electron chi connectivity index (χ0n) is 15.2. The summed E-state index contributed by atoms with van der Waals surface area (Å²) in [5.41, 5.74) is 1.11. The number of aromatic hydroxyl groups is 1. The van der Waals surface area contributed by atoms with Crippen LogP contribution in [0.2, 0.25) is 0 Å². The molecule has 9 nitrogen and oxygen atoms in total. The topological polar surface area (TPSA) is 117 Å². The van der Waals surface area contributed by atoms with Crippen LogP contribution in [0.4, 0.5) is 5.69 Å². The van der Waals surface area contributed by atoms with Gasteiger partial charge in [0.15, 0.2) is 5.65 Å². The quantitative estimate of drug-likeness (QED) is 0.644. The van der Waals surface area contributed by atoms with E-state index >= 15 is 0 Å². The average Bonchev–Trinajstić information content (AvgIpc) is 3.30. The van der Waals surface area contributed by atoms with Crippen LogP contribution in [0.25, 0.3) is 5.65 Å². The van der Waals surface area contributed by atoms with Crippen molar-refractivity contribution in [1.82, 2.24) is 18.9 Å². The monoisotopic (exact) mass is 401 g/mol. The highest BCUT2D eigenvalue weighted by molar-refractivity contribution is 7.89. The normalized spacial score (nSPS) is 15.2. The molecule has 3 heterocycles. The molecular formula is C18H19N5O4S. The third-order valence-electron chi connectivity index (χ3n) is 4.72. The Labute approximate surface area is 161 Å². The maximum Gasteiger partial charge on any atom is 0.261 e. The molecule has 1 aliphatic heterocycles. The van der Waals surface area contributed by atoms with Crippen LogP contribution < -0.4 is 5.32 Å². The molecule has 1 saturated heterocycles. The summed E-state index contributed by atoms with van der Waals surface area (Å²) in [5, 5.41) is 17.0. The largest absolute Gasteiger partial charge is 0.506 e. The molecule has 2 N–H and O–H groups in total. The molecule has 1 aromatic carbocycles. The second-order valence-electron chi connectivity index (χ2n) is 6.59. The molecule has 0 unspecified atom stereocenters. The van der Waals surface area contributed by atoms with E-state index < -0.39 is 15.9 Å². The fourth-order valence-electron chi connectivity index (χ4n) is 3.30. The highest BCUT2D eigenvalue weighted by Crippen LogP contribution is 2.30. The molecule has 2 aromatic heterocycles. The van der Waals surface area contributed by atoms with Gasteiger partial charge in [0.25, 0.3) is 5.91 Å². The van der Waals surface area contributed by atoms with Gasteiger partial charge < -0.3 is 10.4 Å². The Morgan fingerprint density at radius 2 is 2.00 bits per heavy atom. The molecule has 1 aliphatic rings. The van der Waals surface area contributed by atoms with Crippen molar-refractivity contribution in [2.45, 2.75) is 24.7 Å². The van der Waals surface area contributed by atoms with E-state index in [1.165, 1.54) is 27.0 Å². The fraction of sp³-hybridized carbons (Fsp3) is 0.278. The van der Waals surface area contributed by atoms with Crippen LogP contribution in [-0.4, -0.2) is 51.4 Å². The molecular weight excluding hydrogens is 382 g/mol. The van der Waals surface area contributed by atoms with Crippen molar-refractivity contribution in [2.75, 3.05) is 18.4 Å². The lowest BCUT2D eigenvalue weighted by Crippen LogP contribution is -2.28. The molecule has 0 spiro atoms. The standard InChI is InChI=1S/C18H19N5O4S/c1-12-16(17-19-7-4-10-23(17)21-12)18(25)20-14-11-13(5-6-15(14)24)28(26,27)22-8-2-3-9-22/h4-7,10-11,24H,2-3,8-9H2,1H3,(H,20,25). The lowest BCUT2D eigenvalue weighted by Gasteiger charge is -2.16. The molecule has 0 saturated carbocycles. The Morgan fingerprint density at radius 1 is 1.25 bits per heavy atom. The summed E-state index contributed by atoms with van der Waals surface area (Å²) >= 11 is 0. The maximum atomic E-state index is 12.8. The third-order valence-corrected chi connectivity index (χ3v) is 6.61. The average molecular weight is 401 g/mol. The number of fused-ring (bicyclic) bond motifs is 1. The molecule has 1 fully saturated rings. The van der Waals surface area contributed by atoms with Crippen LogP contribution in [-0.2, 0) is 10.0 Å². The molecule has 10 heteroatoms. The summed E-state index contributed by atoms with van der Waals surface area (Å²) in [7, 11) is -3.67. The van der Waals surface area contributed by atoms with Crippen LogP contribution in [0.3, 0.4) is 0 Å². The molecule has 4 rings (SSSR count). The van der Waals surface area contributed by atoms with Crippen molar-refractivity contribution in [2.24, 2.45) is 0 Å². The summed E-state index contributed by atoms with van der Waals surface area (Å²) in [6, 6.07) is 5.57. The Balaban J connectivity index is 1.68. The van der Waals surface area contributed by atoms with Gasteiger partial charge in [-0.15, -0.1) is 0 Å². The minimum atomic E-state index is -3.67. The van der Waals surface area contributed by atoms with Crippen molar-refractivity contribution < 1.29 is 18.3 Å². The number of phenolic OH excluding ortho intramolecular Hbond substituents is 1. The lowest BCUT2D eigenvalue weighted by atomic mass is 10.2. The van der Waals surface area contributed by atoms with Crippen molar-refractivity contribution in [3.05, 3.63) is 47.9 Å². The molecule has 1 amide bonds.